The van der Waals surface area contributed by atoms with Crippen LogP contribution in [0.25, 0.3) is 0 Å². The summed E-state index contributed by atoms with van der Waals surface area (Å²) in [5.74, 6) is 0.231. The van der Waals surface area contributed by atoms with Crippen LogP contribution in [0.1, 0.15) is 29.5 Å². The molecule has 8 heteroatoms. The summed E-state index contributed by atoms with van der Waals surface area (Å²) in [5, 5.41) is 5.53. The molecule has 0 bridgehead atoms. The van der Waals surface area contributed by atoms with Gasteiger partial charge < -0.3 is 20.3 Å². The number of carbonyl (C=O) groups excluding carboxylic acids is 3. The summed E-state index contributed by atoms with van der Waals surface area (Å²) >= 11 is 0. The second-order valence-corrected chi connectivity index (χ2v) is 8.16. The van der Waals surface area contributed by atoms with E-state index < -0.39 is 0 Å². The van der Waals surface area contributed by atoms with E-state index in [0.717, 1.165) is 22.4 Å². The quantitative estimate of drug-likeness (QED) is 0.466. The van der Waals surface area contributed by atoms with Crippen LogP contribution in [0.5, 0.6) is 5.75 Å². The minimum Gasteiger partial charge on any atom is -0.497 e. The molecule has 1 aromatic heterocycles. The SMILES string of the molecule is COc1ccc(CNC(=O)CN(C(=O)CCC(=O)Nc2ccccn2)c2ccc(C)cc2C)cc1. The van der Waals surface area contributed by atoms with Gasteiger partial charge in [-0.25, -0.2) is 4.98 Å². The number of amides is 3. The molecule has 8 nitrogen and oxygen atoms in total. The summed E-state index contributed by atoms with van der Waals surface area (Å²) in [6, 6.07) is 18.2. The van der Waals surface area contributed by atoms with Gasteiger partial charge in [-0.15, -0.1) is 0 Å². The molecule has 0 unspecified atom stereocenters. The van der Waals surface area contributed by atoms with Crippen molar-refractivity contribution in [3.63, 3.8) is 0 Å². The number of aromatic nitrogens is 1. The number of nitrogens with zero attached hydrogens (tertiary/aromatic N) is 2. The number of hydrogen-bond acceptors (Lipinski definition) is 5. The number of nitrogens with one attached hydrogen (secondary N) is 2. The average molecular weight is 475 g/mol. The van der Waals surface area contributed by atoms with Crippen molar-refractivity contribution in [1.29, 1.82) is 0 Å². The first kappa shape index (κ1) is 25.4. The first-order chi connectivity index (χ1) is 16.9. The van der Waals surface area contributed by atoms with E-state index in [1.807, 2.05) is 56.3 Å². The molecule has 0 saturated heterocycles. The number of anilines is 2. The van der Waals surface area contributed by atoms with Crippen molar-refractivity contribution in [3.8, 4) is 5.75 Å². The monoisotopic (exact) mass is 474 g/mol. The highest BCUT2D eigenvalue weighted by Gasteiger charge is 2.21. The molecule has 3 rings (SSSR count). The van der Waals surface area contributed by atoms with Crippen LogP contribution in [0.2, 0.25) is 0 Å². The third-order valence-electron chi connectivity index (χ3n) is 5.39. The number of methoxy groups -OCH3 is 1. The van der Waals surface area contributed by atoms with E-state index in [-0.39, 0.29) is 37.1 Å². The number of carbonyl (C=O) groups is 3. The summed E-state index contributed by atoms with van der Waals surface area (Å²) in [4.78, 5) is 43.7. The highest BCUT2D eigenvalue weighted by molar-refractivity contribution is 6.01. The molecule has 35 heavy (non-hydrogen) atoms. The molecule has 1 heterocycles. The smallest absolute Gasteiger partial charge is 0.240 e. The van der Waals surface area contributed by atoms with Crippen molar-refractivity contribution in [2.75, 3.05) is 23.9 Å². The largest absolute Gasteiger partial charge is 0.497 e. The molecular weight excluding hydrogens is 444 g/mol. The second kappa shape index (κ2) is 12.3. The third-order valence-corrected chi connectivity index (χ3v) is 5.39. The summed E-state index contributed by atoms with van der Waals surface area (Å²) in [5.41, 5.74) is 3.48. The van der Waals surface area contributed by atoms with Crippen molar-refractivity contribution >= 4 is 29.2 Å². The average Bonchev–Trinajstić information content (AvgIpc) is 2.86. The molecule has 0 saturated carbocycles. The molecule has 0 fully saturated rings. The highest BCUT2D eigenvalue weighted by atomic mass is 16.5. The van der Waals surface area contributed by atoms with Gasteiger partial charge in [-0.1, -0.05) is 35.9 Å². The Hall–Kier alpha value is -4.20. The van der Waals surface area contributed by atoms with Crippen LogP contribution in [0.4, 0.5) is 11.5 Å². The molecule has 3 aromatic rings. The van der Waals surface area contributed by atoms with Gasteiger partial charge in [0.1, 0.15) is 18.1 Å². The maximum Gasteiger partial charge on any atom is 0.240 e. The van der Waals surface area contributed by atoms with Crippen LogP contribution in [0.15, 0.2) is 66.9 Å². The predicted octanol–water partition coefficient (Wildman–Crippen LogP) is 3.78. The van der Waals surface area contributed by atoms with Gasteiger partial charge in [-0.3, -0.25) is 14.4 Å². The molecule has 182 valence electrons. The zero-order valence-corrected chi connectivity index (χ0v) is 20.2. The van der Waals surface area contributed by atoms with Gasteiger partial charge >= 0.3 is 0 Å². The summed E-state index contributed by atoms with van der Waals surface area (Å²) < 4.78 is 5.15. The van der Waals surface area contributed by atoms with Crippen molar-refractivity contribution in [2.24, 2.45) is 0 Å². The minimum atomic E-state index is -0.318. The van der Waals surface area contributed by atoms with E-state index in [1.54, 1.807) is 31.5 Å². The normalized spacial score (nSPS) is 10.4. The molecule has 0 spiro atoms. The Labute approximate surface area is 205 Å². The van der Waals surface area contributed by atoms with Crippen LogP contribution in [-0.2, 0) is 20.9 Å². The van der Waals surface area contributed by atoms with Crippen LogP contribution in [-0.4, -0.2) is 36.4 Å². The molecule has 0 aliphatic rings. The lowest BCUT2D eigenvalue weighted by molar-refractivity contribution is -0.125. The van der Waals surface area contributed by atoms with Gasteiger partial charge in [0.25, 0.3) is 0 Å². The molecule has 0 aliphatic heterocycles. The lowest BCUT2D eigenvalue weighted by Crippen LogP contribution is -2.41. The van der Waals surface area contributed by atoms with Crippen LogP contribution < -0.4 is 20.3 Å². The second-order valence-electron chi connectivity index (χ2n) is 8.16. The van der Waals surface area contributed by atoms with Crippen molar-refractivity contribution < 1.29 is 19.1 Å². The fourth-order valence-electron chi connectivity index (χ4n) is 3.56. The van der Waals surface area contributed by atoms with E-state index in [4.69, 9.17) is 4.74 Å². The molecule has 0 atom stereocenters. The molecule has 0 aliphatic carbocycles. The number of pyridine rings is 1. The van der Waals surface area contributed by atoms with Crippen LogP contribution >= 0.6 is 0 Å². The van der Waals surface area contributed by atoms with Gasteiger partial charge in [-0.2, -0.15) is 0 Å². The van der Waals surface area contributed by atoms with Gasteiger partial charge in [-0.05, 0) is 55.3 Å². The zero-order valence-electron chi connectivity index (χ0n) is 20.2. The third kappa shape index (κ3) is 7.67. The predicted molar refractivity (Wildman–Crippen MR) is 135 cm³/mol. The topological polar surface area (TPSA) is 101 Å². The fourth-order valence-corrected chi connectivity index (χ4v) is 3.56. The lowest BCUT2D eigenvalue weighted by Gasteiger charge is -2.24. The number of rotatable bonds is 10. The first-order valence-corrected chi connectivity index (χ1v) is 11.3. The number of ether oxygens (including phenoxy) is 1. The molecule has 2 N–H and O–H groups in total. The van der Waals surface area contributed by atoms with E-state index >= 15 is 0 Å². The van der Waals surface area contributed by atoms with Crippen molar-refractivity contribution in [1.82, 2.24) is 10.3 Å². The highest BCUT2D eigenvalue weighted by Crippen LogP contribution is 2.22. The Morgan fingerprint density at radius 3 is 2.37 bits per heavy atom. The van der Waals surface area contributed by atoms with Crippen molar-refractivity contribution in [3.05, 3.63) is 83.6 Å². The van der Waals surface area contributed by atoms with Crippen LogP contribution in [0, 0.1) is 13.8 Å². The van der Waals surface area contributed by atoms with Gasteiger partial charge in [0.05, 0.1) is 7.11 Å². The maximum absolute atomic E-state index is 13.2. The van der Waals surface area contributed by atoms with Gasteiger partial charge in [0.15, 0.2) is 0 Å². The summed E-state index contributed by atoms with van der Waals surface area (Å²) in [7, 11) is 1.59. The van der Waals surface area contributed by atoms with E-state index in [2.05, 4.69) is 15.6 Å². The van der Waals surface area contributed by atoms with E-state index in [0.29, 0.717) is 18.1 Å². The lowest BCUT2D eigenvalue weighted by atomic mass is 10.1. The summed E-state index contributed by atoms with van der Waals surface area (Å²) in [6.07, 6.45) is 1.51. The Bertz CT molecular complexity index is 1160. The Balaban J connectivity index is 1.65. The Morgan fingerprint density at radius 1 is 0.943 bits per heavy atom. The molecule has 3 amide bonds. The standard InChI is InChI=1S/C27H30N4O4/c1-19-7-12-23(20(2)16-19)31(18-26(33)29-17-21-8-10-22(35-3)11-9-21)27(34)14-13-25(32)30-24-6-4-5-15-28-24/h4-12,15-16H,13-14,17-18H2,1-3H3,(H,29,33)(H,28,30,32). The van der Waals surface area contributed by atoms with Gasteiger partial charge in [0.2, 0.25) is 17.7 Å². The minimum absolute atomic E-state index is 0.0235. The van der Waals surface area contributed by atoms with Crippen molar-refractivity contribution in [2.45, 2.75) is 33.2 Å². The number of aryl methyl sites for hydroxylation is 2. The number of benzene rings is 2. The zero-order chi connectivity index (χ0) is 25.2. The van der Waals surface area contributed by atoms with E-state index in [1.165, 1.54) is 4.90 Å². The fraction of sp³-hybridized carbons (Fsp3) is 0.259. The molecule has 2 aromatic carbocycles. The Kier molecular flexibility index (Phi) is 8.95. The molecular formula is C27H30N4O4. The summed E-state index contributed by atoms with van der Waals surface area (Å²) in [6.45, 7) is 4.03. The number of hydrogen-bond donors (Lipinski definition) is 2. The molecule has 0 radical (unpaired) electrons. The Morgan fingerprint density at radius 2 is 1.71 bits per heavy atom. The maximum atomic E-state index is 13.2. The first-order valence-electron chi connectivity index (χ1n) is 11.3. The van der Waals surface area contributed by atoms with E-state index in [9.17, 15) is 14.4 Å². The van der Waals surface area contributed by atoms with Gasteiger partial charge in [0, 0.05) is 31.3 Å². The van der Waals surface area contributed by atoms with Crippen LogP contribution in [0.3, 0.4) is 0 Å².